The molecule has 3 heterocycles. The molecule has 0 bridgehead atoms. The summed E-state index contributed by atoms with van der Waals surface area (Å²) in [7, 11) is 0. The minimum Gasteiger partial charge on any atom is -0.462 e. The first-order chi connectivity index (χ1) is 23.2. The van der Waals surface area contributed by atoms with E-state index in [4.69, 9.17) is 28.4 Å². The molecule has 2 aliphatic rings. The number of carbonyl (C=O) groups is 4. The monoisotopic (exact) mass is 736 g/mol. The van der Waals surface area contributed by atoms with Crippen LogP contribution in [-0.4, -0.2) is 61.0 Å². The van der Waals surface area contributed by atoms with Gasteiger partial charge in [-0.1, -0.05) is 27.7 Å². The van der Waals surface area contributed by atoms with E-state index in [1.807, 2.05) is 39.8 Å². The van der Waals surface area contributed by atoms with Gasteiger partial charge in [-0.25, -0.2) is 0 Å². The lowest BCUT2D eigenvalue weighted by Gasteiger charge is -2.45. The molecule has 0 saturated carbocycles. The molecule has 0 N–H and O–H groups in total. The standard InChI is InChI=1S/C40H64O10S/c1-17-24-21(2)22(3)29(48-34(42)38(8,9)10)32(46-24)27-19-18-26(51-27)28-23(4)30(49-35(43)39(11,12)13)31(50-36(44)40(14,15)16)25(47-28)20-45-33(41)37(5,6)7/h18-19,21-25,28-32H,17,20H2,1-16H3/t21-,22-,23+,24+,25+,28-,29-,30+,31+,32+/m0/s1. The number of carbonyl (C=O) groups excluding carboxylic acids is 4. The fourth-order valence-corrected chi connectivity index (χ4v) is 7.21. The first-order valence-corrected chi connectivity index (χ1v) is 19.2. The third-order valence-corrected chi connectivity index (χ3v) is 10.9. The van der Waals surface area contributed by atoms with Crippen LogP contribution in [0.25, 0.3) is 0 Å². The van der Waals surface area contributed by atoms with Gasteiger partial charge in [-0.2, -0.15) is 0 Å². The van der Waals surface area contributed by atoms with Crippen molar-refractivity contribution in [3.05, 3.63) is 21.9 Å². The van der Waals surface area contributed by atoms with Crippen molar-refractivity contribution >= 4 is 35.2 Å². The normalized spacial score (nSPS) is 30.7. The molecular formula is C40H64O10S. The molecule has 290 valence electrons. The molecule has 1 aromatic heterocycles. The molecule has 3 rings (SSSR count). The van der Waals surface area contributed by atoms with Crippen molar-refractivity contribution in [2.45, 2.75) is 160 Å². The maximum Gasteiger partial charge on any atom is 0.311 e. The van der Waals surface area contributed by atoms with E-state index in [1.165, 1.54) is 11.3 Å². The molecular weight excluding hydrogens is 672 g/mol. The van der Waals surface area contributed by atoms with E-state index in [2.05, 4.69) is 20.8 Å². The van der Waals surface area contributed by atoms with Gasteiger partial charge in [-0.3, -0.25) is 19.2 Å². The lowest BCUT2D eigenvalue weighted by atomic mass is 9.80. The van der Waals surface area contributed by atoms with Crippen molar-refractivity contribution in [2.24, 2.45) is 39.4 Å². The fourth-order valence-electron chi connectivity index (χ4n) is 5.97. The van der Waals surface area contributed by atoms with Gasteiger partial charge in [0, 0.05) is 21.6 Å². The minimum atomic E-state index is -1.04. The largest absolute Gasteiger partial charge is 0.462 e. The summed E-state index contributed by atoms with van der Waals surface area (Å²) in [5, 5.41) is 0. The molecule has 10 nitrogen and oxygen atoms in total. The molecule has 0 aromatic carbocycles. The zero-order valence-electron chi connectivity index (χ0n) is 33.8. The Morgan fingerprint density at radius 1 is 0.569 bits per heavy atom. The summed E-state index contributed by atoms with van der Waals surface area (Å²) >= 11 is 1.48. The van der Waals surface area contributed by atoms with Gasteiger partial charge in [0.1, 0.15) is 31.0 Å². The smallest absolute Gasteiger partial charge is 0.311 e. The average molecular weight is 737 g/mol. The Balaban J connectivity index is 2.09. The van der Waals surface area contributed by atoms with E-state index in [1.54, 1.807) is 62.3 Å². The average Bonchev–Trinajstić information content (AvgIpc) is 3.48. The van der Waals surface area contributed by atoms with Crippen LogP contribution in [0.5, 0.6) is 0 Å². The minimum absolute atomic E-state index is 0.0219. The highest BCUT2D eigenvalue weighted by Crippen LogP contribution is 2.48. The van der Waals surface area contributed by atoms with Crippen LogP contribution < -0.4 is 0 Å². The summed E-state index contributed by atoms with van der Waals surface area (Å²) in [6, 6.07) is 3.93. The van der Waals surface area contributed by atoms with Crippen LogP contribution in [0, 0.1) is 39.4 Å². The van der Waals surface area contributed by atoms with Crippen LogP contribution >= 0.6 is 11.3 Å². The van der Waals surface area contributed by atoms with Gasteiger partial charge in [0.05, 0.1) is 33.9 Å². The Morgan fingerprint density at radius 2 is 0.980 bits per heavy atom. The molecule has 2 fully saturated rings. The van der Waals surface area contributed by atoms with Crippen molar-refractivity contribution in [2.75, 3.05) is 6.61 Å². The van der Waals surface area contributed by atoms with Gasteiger partial charge in [-0.15, -0.1) is 11.3 Å². The molecule has 0 spiro atoms. The van der Waals surface area contributed by atoms with E-state index in [-0.39, 0.29) is 30.5 Å². The second-order valence-electron chi connectivity index (χ2n) is 18.6. The predicted octanol–water partition coefficient (Wildman–Crippen LogP) is 8.41. The number of rotatable bonds is 8. The maximum absolute atomic E-state index is 13.4. The van der Waals surface area contributed by atoms with Crippen LogP contribution in [0.15, 0.2) is 12.1 Å². The molecule has 2 aliphatic heterocycles. The van der Waals surface area contributed by atoms with Crippen LogP contribution in [0.4, 0.5) is 0 Å². The first-order valence-electron chi connectivity index (χ1n) is 18.4. The summed E-state index contributed by atoms with van der Waals surface area (Å²) in [6.07, 6.45) is -3.73. The van der Waals surface area contributed by atoms with E-state index < -0.39 is 82.1 Å². The zero-order chi connectivity index (χ0) is 39.0. The number of hydrogen-bond donors (Lipinski definition) is 0. The van der Waals surface area contributed by atoms with Crippen molar-refractivity contribution in [1.82, 2.24) is 0 Å². The SMILES string of the molecule is CC[C@H]1O[C@H](c2ccc([C@H]3O[C@H](COC(=O)C(C)(C)C)[C@@H](OC(=O)C(C)(C)C)[C@H](OC(=O)C(C)(C)C)[C@@H]3C)s2)[C@@H](OC(=O)C(C)(C)C)[C@@H](C)[C@@H]1C. The van der Waals surface area contributed by atoms with Gasteiger partial charge in [-0.05, 0) is 108 Å². The highest BCUT2D eigenvalue weighted by molar-refractivity contribution is 7.12. The van der Waals surface area contributed by atoms with Crippen LogP contribution in [0.1, 0.15) is 139 Å². The van der Waals surface area contributed by atoms with Crippen molar-refractivity contribution in [1.29, 1.82) is 0 Å². The second-order valence-corrected chi connectivity index (χ2v) is 19.8. The lowest BCUT2D eigenvalue weighted by Crippen LogP contribution is -2.57. The first kappa shape index (κ1) is 42.9. The lowest BCUT2D eigenvalue weighted by molar-refractivity contribution is -0.239. The van der Waals surface area contributed by atoms with Gasteiger partial charge >= 0.3 is 23.9 Å². The molecule has 1 aromatic rings. The van der Waals surface area contributed by atoms with Gasteiger partial charge in [0.2, 0.25) is 0 Å². The molecule has 0 radical (unpaired) electrons. The molecule has 0 aliphatic carbocycles. The third-order valence-electron chi connectivity index (χ3n) is 9.73. The summed E-state index contributed by atoms with van der Waals surface area (Å²) < 4.78 is 37.7. The maximum atomic E-state index is 13.4. The molecule has 51 heavy (non-hydrogen) atoms. The highest BCUT2D eigenvalue weighted by atomic mass is 32.1. The molecule has 10 atom stereocenters. The molecule has 11 heteroatoms. The van der Waals surface area contributed by atoms with E-state index in [9.17, 15) is 19.2 Å². The summed E-state index contributed by atoms with van der Waals surface area (Å²) in [6.45, 7) is 29.3. The second kappa shape index (κ2) is 15.8. The summed E-state index contributed by atoms with van der Waals surface area (Å²) in [5.74, 6) is -1.94. The molecule has 0 unspecified atom stereocenters. The van der Waals surface area contributed by atoms with E-state index in [0.717, 1.165) is 16.2 Å². The van der Waals surface area contributed by atoms with Crippen LogP contribution in [-0.2, 0) is 47.6 Å². The molecule has 0 amide bonds. The van der Waals surface area contributed by atoms with Gasteiger partial charge in [0.15, 0.2) is 6.10 Å². The summed E-state index contributed by atoms with van der Waals surface area (Å²) in [4.78, 5) is 54.6. The number of ether oxygens (including phenoxy) is 6. The van der Waals surface area contributed by atoms with Crippen molar-refractivity contribution in [3.63, 3.8) is 0 Å². The topological polar surface area (TPSA) is 124 Å². The van der Waals surface area contributed by atoms with Gasteiger partial charge in [0.25, 0.3) is 0 Å². The van der Waals surface area contributed by atoms with Crippen LogP contribution in [0.2, 0.25) is 0 Å². The predicted molar refractivity (Wildman–Crippen MR) is 196 cm³/mol. The van der Waals surface area contributed by atoms with Crippen LogP contribution in [0.3, 0.4) is 0 Å². The Bertz CT molecular complexity index is 1390. The Hall–Kier alpha value is -2.50. The number of hydrogen-bond acceptors (Lipinski definition) is 11. The molecule has 2 saturated heterocycles. The van der Waals surface area contributed by atoms with E-state index in [0.29, 0.717) is 0 Å². The van der Waals surface area contributed by atoms with Crippen molar-refractivity contribution in [3.8, 4) is 0 Å². The van der Waals surface area contributed by atoms with Gasteiger partial charge < -0.3 is 28.4 Å². The summed E-state index contributed by atoms with van der Waals surface area (Å²) in [5.41, 5.74) is -3.15. The Labute approximate surface area is 310 Å². The fraction of sp³-hybridized carbons (Fsp3) is 0.800. The highest BCUT2D eigenvalue weighted by Gasteiger charge is 2.52. The zero-order valence-corrected chi connectivity index (χ0v) is 34.6. The Kier molecular flexibility index (Phi) is 13.3. The van der Waals surface area contributed by atoms with E-state index >= 15 is 0 Å². The van der Waals surface area contributed by atoms with Crippen molar-refractivity contribution < 1.29 is 47.6 Å². The third kappa shape index (κ3) is 10.3. The Morgan fingerprint density at radius 3 is 1.43 bits per heavy atom. The number of esters is 4. The quantitative estimate of drug-likeness (QED) is 0.190. The number of thiophene rings is 1.